The molecule has 1 N–H and O–H groups in total. The van der Waals surface area contributed by atoms with Crippen molar-refractivity contribution in [2.24, 2.45) is 0 Å². The summed E-state index contributed by atoms with van der Waals surface area (Å²) in [6, 6.07) is 25.9. The van der Waals surface area contributed by atoms with E-state index in [0.29, 0.717) is 35.1 Å². The van der Waals surface area contributed by atoms with E-state index in [9.17, 15) is 18.0 Å². The van der Waals surface area contributed by atoms with Crippen molar-refractivity contribution in [2.75, 3.05) is 31.7 Å². The molecule has 0 fully saturated rings. The summed E-state index contributed by atoms with van der Waals surface area (Å²) in [5.74, 6) is 0.117. The van der Waals surface area contributed by atoms with Crippen LogP contribution in [-0.4, -0.2) is 64.6 Å². The third-order valence-electron chi connectivity index (χ3n) is 8.23. The van der Waals surface area contributed by atoms with Crippen molar-refractivity contribution < 1.29 is 32.2 Å². The van der Waals surface area contributed by atoms with Crippen molar-refractivity contribution in [2.45, 2.75) is 57.1 Å². The number of halogens is 1. The van der Waals surface area contributed by atoms with Crippen molar-refractivity contribution >= 4 is 39.1 Å². The van der Waals surface area contributed by atoms with Crippen molar-refractivity contribution in [3.63, 3.8) is 0 Å². The highest BCUT2D eigenvalue weighted by Gasteiger charge is 2.35. The number of rotatable bonds is 17. The minimum absolute atomic E-state index is 0.0442. The largest absolute Gasteiger partial charge is 0.494 e. The van der Waals surface area contributed by atoms with Gasteiger partial charge in [-0.05, 0) is 73.9 Å². The third-order valence-corrected chi connectivity index (χ3v) is 10.4. The highest BCUT2D eigenvalue weighted by atomic mass is 35.5. The maximum atomic E-state index is 14.7. The SMILES string of the molecule is CCOc1ccc(N(CC(=O)N(Cc2ccccc2Cl)[C@@H](Cc2ccccc2)C(=O)N[C@@H](C)CC)S(=O)(=O)c2ccc(OC)c(OC)c2)cc1. The number of nitrogens with one attached hydrogen (secondary N) is 1. The predicted octanol–water partition coefficient (Wildman–Crippen LogP) is 6.51. The summed E-state index contributed by atoms with van der Waals surface area (Å²) in [6.07, 6.45) is 0.863. The Morgan fingerprint density at radius 1 is 0.860 bits per heavy atom. The van der Waals surface area contributed by atoms with Gasteiger partial charge in [0.25, 0.3) is 10.0 Å². The van der Waals surface area contributed by atoms with Gasteiger partial charge in [-0.3, -0.25) is 13.9 Å². The first-order valence-corrected chi connectivity index (χ1v) is 18.2. The maximum absolute atomic E-state index is 14.7. The van der Waals surface area contributed by atoms with Crippen molar-refractivity contribution in [3.05, 3.63) is 113 Å². The molecule has 0 heterocycles. The minimum Gasteiger partial charge on any atom is -0.494 e. The fourth-order valence-corrected chi connectivity index (χ4v) is 6.94. The smallest absolute Gasteiger partial charge is 0.264 e. The molecule has 0 bridgehead atoms. The van der Waals surface area contributed by atoms with Crippen LogP contribution < -0.4 is 23.8 Å². The van der Waals surface area contributed by atoms with Crippen LogP contribution in [0.3, 0.4) is 0 Å². The van der Waals surface area contributed by atoms with E-state index in [2.05, 4.69) is 5.32 Å². The molecule has 266 valence electrons. The zero-order chi connectivity index (χ0) is 36.3. The van der Waals surface area contributed by atoms with E-state index in [0.717, 1.165) is 9.87 Å². The summed E-state index contributed by atoms with van der Waals surface area (Å²) < 4.78 is 46.3. The standard InChI is InChI=1S/C38H44ClN3O7S/c1-6-27(3)40-38(44)34(23-28-13-9-8-10-14-28)41(25-29-15-11-12-16-33(29)39)37(43)26-42(30-17-19-31(20-18-30)49-7-2)50(45,46)32-21-22-35(47-4)36(24-32)48-5/h8-22,24,27,34H,6-7,23,25-26H2,1-5H3,(H,40,44)/t27-,34-/m0/s1. The number of sulfonamides is 1. The van der Waals surface area contributed by atoms with Gasteiger partial charge < -0.3 is 24.4 Å². The molecule has 2 atom stereocenters. The van der Waals surface area contributed by atoms with Crippen LogP contribution in [-0.2, 0) is 32.6 Å². The Morgan fingerprint density at radius 2 is 1.52 bits per heavy atom. The van der Waals surface area contributed by atoms with Gasteiger partial charge in [-0.15, -0.1) is 0 Å². The lowest BCUT2D eigenvalue weighted by molar-refractivity contribution is -0.140. The second-order valence-electron chi connectivity index (χ2n) is 11.6. The quantitative estimate of drug-likeness (QED) is 0.132. The topological polar surface area (TPSA) is 114 Å². The number of methoxy groups -OCH3 is 2. The first-order chi connectivity index (χ1) is 24.0. The summed E-state index contributed by atoms with van der Waals surface area (Å²) in [7, 11) is -1.53. The Hall–Kier alpha value is -4.74. The van der Waals surface area contributed by atoms with Crippen LogP contribution in [0.1, 0.15) is 38.3 Å². The predicted molar refractivity (Wildman–Crippen MR) is 196 cm³/mol. The van der Waals surface area contributed by atoms with Crippen molar-refractivity contribution in [3.8, 4) is 17.2 Å². The number of ether oxygens (including phenoxy) is 3. The number of carbonyl (C=O) groups is 2. The van der Waals surface area contributed by atoms with Gasteiger partial charge in [0, 0.05) is 30.1 Å². The van der Waals surface area contributed by atoms with Gasteiger partial charge in [-0.2, -0.15) is 0 Å². The molecular formula is C38H44ClN3O7S. The van der Waals surface area contributed by atoms with Crippen LogP contribution in [0.2, 0.25) is 5.02 Å². The zero-order valence-electron chi connectivity index (χ0n) is 29.0. The Bertz CT molecular complexity index is 1840. The monoisotopic (exact) mass is 721 g/mol. The summed E-state index contributed by atoms with van der Waals surface area (Å²) >= 11 is 6.59. The van der Waals surface area contributed by atoms with Gasteiger partial charge in [0.05, 0.1) is 31.4 Å². The molecule has 12 heteroatoms. The number of benzene rings is 4. The van der Waals surface area contributed by atoms with E-state index in [1.165, 1.54) is 37.3 Å². The maximum Gasteiger partial charge on any atom is 0.264 e. The molecule has 2 amide bonds. The lowest BCUT2D eigenvalue weighted by atomic mass is 10.0. The number of anilines is 1. The molecule has 0 aliphatic heterocycles. The number of carbonyl (C=O) groups excluding carboxylic acids is 2. The molecule has 50 heavy (non-hydrogen) atoms. The van der Waals surface area contributed by atoms with Crippen molar-refractivity contribution in [1.82, 2.24) is 10.2 Å². The van der Waals surface area contributed by atoms with Gasteiger partial charge in [0.1, 0.15) is 18.3 Å². The highest BCUT2D eigenvalue weighted by Crippen LogP contribution is 2.33. The number of amides is 2. The summed E-state index contributed by atoms with van der Waals surface area (Å²) in [4.78, 5) is 30.1. The normalized spacial score (nSPS) is 12.4. The average molecular weight is 722 g/mol. The van der Waals surface area contributed by atoms with Crippen LogP contribution in [0.25, 0.3) is 0 Å². The molecule has 0 aliphatic rings. The van der Waals surface area contributed by atoms with Crippen LogP contribution >= 0.6 is 11.6 Å². The molecule has 0 radical (unpaired) electrons. The molecule has 0 spiro atoms. The van der Waals surface area contributed by atoms with E-state index < -0.39 is 28.5 Å². The van der Waals surface area contributed by atoms with E-state index in [1.807, 2.05) is 51.1 Å². The molecule has 4 aromatic carbocycles. The Morgan fingerprint density at radius 3 is 2.14 bits per heavy atom. The molecular weight excluding hydrogens is 678 g/mol. The molecule has 0 saturated carbocycles. The molecule has 10 nitrogen and oxygen atoms in total. The lowest BCUT2D eigenvalue weighted by Crippen LogP contribution is -2.54. The minimum atomic E-state index is -4.39. The first kappa shape index (κ1) is 38.1. The van der Waals surface area contributed by atoms with Crippen molar-refractivity contribution in [1.29, 1.82) is 0 Å². The third kappa shape index (κ3) is 9.48. The fraction of sp³-hybridized carbons (Fsp3) is 0.316. The summed E-state index contributed by atoms with van der Waals surface area (Å²) in [5.41, 5.74) is 1.65. The molecule has 0 unspecified atom stereocenters. The Balaban J connectivity index is 1.85. The van der Waals surface area contributed by atoms with E-state index in [-0.39, 0.29) is 41.2 Å². The van der Waals surface area contributed by atoms with E-state index >= 15 is 0 Å². The highest BCUT2D eigenvalue weighted by molar-refractivity contribution is 7.92. The second-order valence-corrected chi connectivity index (χ2v) is 13.9. The number of hydrogen-bond donors (Lipinski definition) is 1. The van der Waals surface area contributed by atoms with Gasteiger partial charge >= 0.3 is 0 Å². The fourth-order valence-electron chi connectivity index (χ4n) is 5.31. The van der Waals surface area contributed by atoms with Crippen LogP contribution in [0.5, 0.6) is 17.2 Å². The summed E-state index contributed by atoms with van der Waals surface area (Å²) in [6.45, 7) is 5.44. The molecule has 4 aromatic rings. The number of hydrogen-bond acceptors (Lipinski definition) is 7. The van der Waals surface area contributed by atoms with Crippen LogP contribution in [0.4, 0.5) is 5.69 Å². The molecule has 4 rings (SSSR count). The van der Waals surface area contributed by atoms with Gasteiger partial charge in [0.2, 0.25) is 11.8 Å². The Kier molecular flexibility index (Phi) is 13.5. The molecule has 0 aromatic heterocycles. The van der Waals surface area contributed by atoms with Crippen LogP contribution in [0.15, 0.2) is 102 Å². The van der Waals surface area contributed by atoms with Gasteiger partial charge in [0.15, 0.2) is 11.5 Å². The Labute approximate surface area is 300 Å². The van der Waals surface area contributed by atoms with E-state index in [4.69, 9.17) is 25.8 Å². The lowest BCUT2D eigenvalue weighted by Gasteiger charge is -2.34. The summed E-state index contributed by atoms with van der Waals surface area (Å²) in [5, 5.41) is 3.44. The molecule has 0 aliphatic carbocycles. The van der Waals surface area contributed by atoms with E-state index in [1.54, 1.807) is 48.5 Å². The second kappa shape index (κ2) is 17.8. The van der Waals surface area contributed by atoms with Crippen LogP contribution in [0, 0.1) is 0 Å². The van der Waals surface area contributed by atoms with Gasteiger partial charge in [-0.1, -0.05) is 67.1 Å². The zero-order valence-corrected chi connectivity index (χ0v) is 30.5. The van der Waals surface area contributed by atoms with Gasteiger partial charge in [-0.25, -0.2) is 8.42 Å². The number of nitrogens with zero attached hydrogens (tertiary/aromatic N) is 2. The average Bonchev–Trinajstić information content (AvgIpc) is 3.13. The first-order valence-electron chi connectivity index (χ1n) is 16.4. The molecule has 0 saturated heterocycles.